The third kappa shape index (κ3) is 4.67. The highest BCUT2D eigenvalue weighted by Crippen LogP contribution is 2.16. The highest BCUT2D eigenvalue weighted by molar-refractivity contribution is 5.92. The van der Waals surface area contributed by atoms with Crippen molar-refractivity contribution >= 4 is 11.6 Å². The number of ether oxygens (including phenoxy) is 1. The molecule has 0 aliphatic heterocycles. The number of nitrogens with one attached hydrogen (secondary N) is 1. The molecule has 24 heavy (non-hydrogen) atoms. The van der Waals surface area contributed by atoms with Crippen molar-refractivity contribution in [2.45, 2.75) is 47.2 Å². The first-order valence-corrected chi connectivity index (χ1v) is 8.24. The fourth-order valence-electron chi connectivity index (χ4n) is 2.61. The van der Waals surface area contributed by atoms with Gasteiger partial charge in [0.2, 0.25) is 5.91 Å². The molecule has 0 aromatic carbocycles. The molecular formula is C17H27N5O2. The molecule has 0 radical (unpaired) electrons. The standard InChI is InChI=1S/C17H27N5O2/c1-12(2)10-22-14(4)16(13(3)20-22)8-17(23)19-15-9-18-21(11-15)6-7-24-5/h9,11-12H,6-8,10H2,1-5H3,(H,19,23). The second kappa shape index (κ2) is 8.10. The Balaban J connectivity index is 1.99. The van der Waals surface area contributed by atoms with Gasteiger partial charge < -0.3 is 10.1 Å². The molecule has 1 N–H and O–H groups in total. The van der Waals surface area contributed by atoms with Crippen molar-refractivity contribution < 1.29 is 9.53 Å². The SMILES string of the molecule is COCCn1cc(NC(=O)Cc2c(C)nn(CC(C)C)c2C)cn1. The first kappa shape index (κ1) is 18.2. The lowest BCUT2D eigenvalue weighted by molar-refractivity contribution is -0.115. The smallest absolute Gasteiger partial charge is 0.229 e. The van der Waals surface area contributed by atoms with Crippen LogP contribution >= 0.6 is 0 Å². The fourth-order valence-corrected chi connectivity index (χ4v) is 2.61. The molecule has 132 valence electrons. The number of hydrogen-bond donors (Lipinski definition) is 1. The Morgan fingerprint density at radius 2 is 2.12 bits per heavy atom. The molecule has 0 saturated heterocycles. The van der Waals surface area contributed by atoms with E-state index in [2.05, 4.69) is 29.4 Å². The van der Waals surface area contributed by atoms with E-state index >= 15 is 0 Å². The van der Waals surface area contributed by atoms with Crippen LogP contribution in [-0.4, -0.2) is 39.2 Å². The zero-order chi connectivity index (χ0) is 17.7. The van der Waals surface area contributed by atoms with Crippen LogP contribution in [-0.2, 0) is 29.0 Å². The lowest BCUT2D eigenvalue weighted by Gasteiger charge is -2.08. The summed E-state index contributed by atoms with van der Waals surface area (Å²) in [6.07, 6.45) is 3.77. The quantitative estimate of drug-likeness (QED) is 0.803. The van der Waals surface area contributed by atoms with Gasteiger partial charge in [-0.1, -0.05) is 13.8 Å². The van der Waals surface area contributed by atoms with Gasteiger partial charge in [0.1, 0.15) is 0 Å². The van der Waals surface area contributed by atoms with Gasteiger partial charge in [0.05, 0.1) is 37.2 Å². The number of rotatable bonds is 8. The Bertz CT molecular complexity index is 687. The molecule has 2 aromatic rings. The Hall–Kier alpha value is -2.15. The predicted octanol–water partition coefficient (Wildman–Crippen LogP) is 2.18. The third-order valence-electron chi connectivity index (χ3n) is 3.85. The molecule has 0 spiro atoms. The van der Waals surface area contributed by atoms with Gasteiger partial charge in [-0.3, -0.25) is 14.2 Å². The Morgan fingerprint density at radius 1 is 1.38 bits per heavy atom. The molecule has 2 rings (SSSR count). The first-order chi connectivity index (χ1) is 11.4. The summed E-state index contributed by atoms with van der Waals surface area (Å²) in [6.45, 7) is 10.4. The summed E-state index contributed by atoms with van der Waals surface area (Å²) in [6, 6.07) is 0. The lowest BCUT2D eigenvalue weighted by atomic mass is 10.1. The van der Waals surface area contributed by atoms with E-state index in [1.807, 2.05) is 18.5 Å². The summed E-state index contributed by atoms with van der Waals surface area (Å²) in [5.41, 5.74) is 3.67. The average molecular weight is 333 g/mol. The first-order valence-electron chi connectivity index (χ1n) is 8.24. The lowest BCUT2D eigenvalue weighted by Crippen LogP contribution is -2.15. The van der Waals surface area contributed by atoms with Gasteiger partial charge in [-0.2, -0.15) is 10.2 Å². The number of methoxy groups -OCH3 is 1. The molecule has 2 aromatic heterocycles. The minimum Gasteiger partial charge on any atom is -0.383 e. The topological polar surface area (TPSA) is 74.0 Å². The summed E-state index contributed by atoms with van der Waals surface area (Å²) in [7, 11) is 1.65. The Kier molecular flexibility index (Phi) is 6.14. The van der Waals surface area contributed by atoms with E-state index in [0.717, 1.165) is 23.5 Å². The molecule has 0 saturated carbocycles. The average Bonchev–Trinajstić information content (AvgIpc) is 3.05. The maximum Gasteiger partial charge on any atom is 0.229 e. The van der Waals surface area contributed by atoms with Crippen LogP contribution in [0.1, 0.15) is 30.8 Å². The molecule has 0 aliphatic rings. The summed E-state index contributed by atoms with van der Waals surface area (Å²) < 4.78 is 8.75. The van der Waals surface area contributed by atoms with E-state index in [1.165, 1.54) is 0 Å². The van der Waals surface area contributed by atoms with Crippen molar-refractivity contribution in [1.82, 2.24) is 19.6 Å². The summed E-state index contributed by atoms with van der Waals surface area (Å²) in [4.78, 5) is 12.3. The minimum atomic E-state index is -0.0587. The highest BCUT2D eigenvalue weighted by Gasteiger charge is 2.16. The largest absolute Gasteiger partial charge is 0.383 e. The fraction of sp³-hybridized carbons (Fsp3) is 0.588. The normalized spacial score (nSPS) is 11.2. The Labute approximate surface area is 143 Å². The number of amides is 1. The van der Waals surface area contributed by atoms with Gasteiger partial charge in [-0.25, -0.2) is 0 Å². The number of carbonyl (C=O) groups excluding carboxylic acids is 1. The van der Waals surface area contributed by atoms with E-state index in [-0.39, 0.29) is 5.91 Å². The molecule has 0 bridgehead atoms. The van der Waals surface area contributed by atoms with Crippen molar-refractivity contribution in [2.24, 2.45) is 5.92 Å². The maximum absolute atomic E-state index is 12.3. The summed E-state index contributed by atoms with van der Waals surface area (Å²) in [5, 5.41) is 11.6. The van der Waals surface area contributed by atoms with E-state index in [9.17, 15) is 4.79 Å². The molecule has 0 unspecified atom stereocenters. The van der Waals surface area contributed by atoms with E-state index in [4.69, 9.17) is 4.74 Å². The monoisotopic (exact) mass is 333 g/mol. The number of nitrogens with zero attached hydrogens (tertiary/aromatic N) is 4. The van der Waals surface area contributed by atoms with Crippen LogP contribution in [0.15, 0.2) is 12.4 Å². The predicted molar refractivity (Wildman–Crippen MR) is 93.0 cm³/mol. The molecule has 7 heteroatoms. The van der Waals surface area contributed by atoms with Crippen LogP contribution in [0.3, 0.4) is 0 Å². The molecule has 0 aliphatic carbocycles. The zero-order valence-corrected chi connectivity index (χ0v) is 15.2. The molecule has 1 amide bonds. The van der Waals surface area contributed by atoms with Crippen molar-refractivity contribution in [1.29, 1.82) is 0 Å². The zero-order valence-electron chi connectivity index (χ0n) is 15.2. The van der Waals surface area contributed by atoms with Crippen LogP contribution in [0.2, 0.25) is 0 Å². The van der Waals surface area contributed by atoms with Crippen LogP contribution in [0.25, 0.3) is 0 Å². The van der Waals surface area contributed by atoms with Crippen molar-refractivity contribution in [3.8, 4) is 0 Å². The Morgan fingerprint density at radius 3 is 2.79 bits per heavy atom. The van der Waals surface area contributed by atoms with Crippen LogP contribution in [0.4, 0.5) is 5.69 Å². The maximum atomic E-state index is 12.3. The second-order valence-electron chi connectivity index (χ2n) is 6.44. The van der Waals surface area contributed by atoms with Gasteiger partial charge in [0.15, 0.2) is 0 Å². The number of aryl methyl sites for hydroxylation is 1. The van der Waals surface area contributed by atoms with Gasteiger partial charge in [0, 0.05) is 31.1 Å². The van der Waals surface area contributed by atoms with Crippen LogP contribution in [0.5, 0.6) is 0 Å². The van der Waals surface area contributed by atoms with Gasteiger partial charge in [0.25, 0.3) is 0 Å². The number of anilines is 1. The molecular weight excluding hydrogens is 306 g/mol. The van der Waals surface area contributed by atoms with Crippen molar-refractivity contribution in [3.63, 3.8) is 0 Å². The minimum absolute atomic E-state index is 0.0587. The number of hydrogen-bond acceptors (Lipinski definition) is 4. The number of aromatic nitrogens is 4. The van der Waals surface area contributed by atoms with Gasteiger partial charge in [-0.15, -0.1) is 0 Å². The summed E-state index contributed by atoms with van der Waals surface area (Å²) in [5.74, 6) is 0.458. The second-order valence-corrected chi connectivity index (χ2v) is 6.44. The third-order valence-corrected chi connectivity index (χ3v) is 3.85. The van der Waals surface area contributed by atoms with Crippen LogP contribution < -0.4 is 5.32 Å². The summed E-state index contributed by atoms with van der Waals surface area (Å²) >= 11 is 0. The molecule has 7 nitrogen and oxygen atoms in total. The van der Waals surface area contributed by atoms with Crippen molar-refractivity contribution in [2.75, 3.05) is 19.0 Å². The van der Waals surface area contributed by atoms with E-state index in [0.29, 0.717) is 31.2 Å². The molecule has 0 fully saturated rings. The molecule has 0 atom stereocenters. The van der Waals surface area contributed by atoms with Gasteiger partial charge in [-0.05, 0) is 19.8 Å². The number of carbonyl (C=O) groups is 1. The van der Waals surface area contributed by atoms with Crippen molar-refractivity contribution in [3.05, 3.63) is 29.3 Å². The van der Waals surface area contributed by atoms with E-state index in [1.54, 1.807) is 24.2 Å². The van der Waals surface area contributed by atoms with Gasteiger partial charge >= 0.3 is 0 Å². The van der Waals surface area contributed by atoms with E-state index < -0.39 is 0 Å². The van der Waals surface area contributed by atoms with Crippen LogP contribution in [0, 0.1) is 19.8 Å². The highest BCUT2D eigenvalue weighted by atomic mass is 16.5. The molecule has 2 heterocycles.